The van der Waals surface area contributed by atoms with Crippen molar-refractivity contribution in [3.63, 3.8) is 0 Å². The van der Waals surface area contributed by atoms with E-state index in [0.29, 0.717) is 10.9 Å². The first kappa shape index (κ1) is 14.1. The van der Waals surface area contributed by atoms with Crippen molar-refractivity contribution >= 4 is 15.9 Å². The molecule has 1 saturated heterocycles. The molecule has 1 aromatic carbocycles. The van der Waals surface area contributed by atoms with Crippen LogP contribution in [-0.4, -0.2) is 12.7 Å². The highest BCUT2D eigenvalue weighted by Gasteiger charge is 2.17. The van der Waals surface area contributed by atoms with Crippen LogP contribution in [0.4, 0.5) is 0 Å². The summed E-state index contributed by atoms with van der Waals surface area (Å²) in [6.45, 7) is 5.31. The average Bonchev–Trinajstić information content (AvgIpc) is 2.40. The van der Waals surface area contributed by atoms with Gasteiger partial charge in [0.25, 0.3) is 0 Å². The molecule has 1 aliphatic rings. The third-order valence-corrected chi connectivity index (χ3v) is 4.74. The van der Waals surface area contributed by atoms with Gasteiger partial charge >= 0.3 is 0 Å². The van der Waals surface area contributed by atoms with Crippen LogP contribution >= 0.6 is 15.9 Å². The first-order valence-corrected chi connectivity index (χ1v) is 7.91. The SMILES string of the molecule is Cc1ccc(C)c(C(Br)CCC2CCCCO2)c1. The Bertz CT molecular complexity index is 383. The van der Waals surface area contributed by atoms with Crippen LogP contribution in [0.1, 0.15) is 53.6 Å². The number of aryl methyl sites for hydroxylation is 2. The summed E-state index contributed by atoms with van der Waals surface area (Å²) < 4.78 is 5.80. The highest BCUT2D eigenvalue weighted by atomic mass is 79.9. The van der Waals surface area contributed by atoms with E-state index in [-0.39, 0.29) is 0 Å². The fraction of sp³-hybridized carbons (Fsp3) is 0.625. The minimum Gasteiger partial charge on any atom is -0.378 e. The van der Waals surface area contributed by atoms with E-state index in [2.05, 4.69) is 48.0 Å². The maximum Gasteiger partial charge on any atom is 0.0575 e. The van der Waals surface area contributed by atoms with Crippen LogP contribution in [0.3, 0.4) is 0 Å². The summed E-state index contributed by atoms with van der Waals surface area (Å²) in [4.78, 5) is 0.461. The van der Waals surface area contributed by atoms with Crippen LogP contribution in [0.2, 0.25) is 0 Å². The van der Waals surface area contributed by atoms with Crippen LogP contribution < -0.4 is 0 Å². The van der Waals surface area contributed by atoms with Gasteiger partial charge in [-0.15, -0.1) is 0 Å². The second-order valence-electron chi connectivity index (χ2n) is 5.39. The van der Waals surface area contributed by atoms with Crippen LogP contribution in [0.15, 0.2) is 18.2 Å². The van der Waals surface area contributed by atoms with Gasteiger partial charge < -0.3 is 4.74 Å². The van der Waals surface area contributed by atoms with E-state index in [4.69, 9.17) is 4.74 Å². The highest BCUT2D eigenvalue weighted by Crippen LogP contribution is 2.32. The predicted octanol–water partition coefficient (Wildman–Crippen LogP) is 5.09. The molecule has 1 aromatic rings. The molecule has 0 N–H and O–H groups in total. The molecule has 0 saturated carbocycles. The van der Waals surface area contributed by atoms with Gasteiger partial charge in [-0.05, 0) is 57.1 Å². The molecule has 2 rings (SSSR count). The lowest BCUT2D eigenvalue weighted by molar-refractivity contribution is 0.0101. The molecule has 0 radical (unpaired) electrons. The Balaban J connectivity index is 1.90. The summed E-state index contributed by atoms with van der Waals surface area (Å²) in [5, 5.41) is 0. The zero-order chi connectivity index (χ0) is 13.0. The molecule has 0 aromatic heterocycles. The molecule has 2 atom stereocenters. The van der Waals surface area contributed by atoms with Crippen molar-refractivity contribution in [3.05, 3.63) is 34.9 Å². The molecule has 0 bridgehead atoms. The predicted molar refractivity (Wildman–Crippen MR) is 80.4 cm³/mol. The van der Waals surface area contributed by atoms with Crippen molar-refractivity contribution in [2.75, 3.05) is 6.61 Å². The second kappa shape index (κ2) is 6.72. The van der Waals surface area contributed by atoms with Crippen molar-refractivity contribution in [3.8, 4) is 0 Å². The van der Waals surface area contributed by atoms with E-state index in [1.807, 2.05) is 0 Å². The number of benzene rings is 1. The van der Waals surface area contributed by atoms with E-state index >= 15 is 0 Å². The quantitative estimate of drug-likeness (QED) is 0.704. The Morgan fingerprint density at radius 2 is 2.17 bits per heavy atom. The summed E-state index contributed by atoms with van der Waals surface area (Å²) in [6, 6.07) is 6.70. The molecule has 2 heteroatoms. The molecule has 1 fully saturated rings. The topological polar surface area (TPSA) is 9.23 Å². The van der Waals surface area contributed by atoms with Crippen LogP contribution in [0, 0.1) is 13.8 Å². The van der Waals surface area contributed by atoms with E-state index in [1.165, 1.54) is 42.4 Å². The summed E-state index contributed by atoms with van der Waals surface area (Å²) >= 11 is 3.84. The van der Waals surface area contributed by atoms with Crippen LogP contribution in [-0.2, 0) is 4.74 Å². The van der Waals surface area contributed by atoms with Gasteiger partial charge in [0.15, 0.2) is 0 Å². The molecule has 18 heavy (non-hydrogen) atoms. The number of hydrogen-bond acceptors (Lipinski definition) is 1. The summed E-state index contributed by atoms with van der Waals surface area (Å²) in [5.41, 5.74) is 4.16. The van der Waals surface area contributed by atoms with Gasteiger partial charge in [-0.3, -0.25) is 0 Å². The maximum absolute atomic E-state index is 5.80. The first-order valence-electron chi connectivity index (χ1n) is 6.99. The standard InChI is InChI=1S/C16H23BrO/c1-12-6-7-13(2)15(11-12)16(17)9-8-14-5-3-4-10-18-14/h6-7,11,14,16H,3-5,8-10H2,1-2H3. The Kier molecular flexibility index (Phi) is 5.25. The van der Waals surface area contributed by atoms with Crippen LogP contribution in [0.25, 0.3) is 0 Å². The van der Waals surface area contributed by atoms with E-state index in [9.17, 15) is 0 Å². The zero-order valence-electron chi connectivity index (χ0n) is 11.4. The molecule has 0 spiro atoms. The largest absolute Gasteiger partial charge is 0.378 e. The smallest absolute Gasteiger partial charge is 0.0575 e. The number of hydrogen-bond donors (Lipinski definition) is 0. The van der Waals surface area contributed by atoms with Crippen LogP contribution in [0.5, 0.6) is 0 Å². The Morgan fingerprint density at radius 1 is 1.33 bits per heavy atom. The Hall–Kier alpha value is -0.340. The third kappa shape index (κ3) is 3.83. The number of alkyl halides is 1. The van der Waals surface area contributed by atoms with Gasteiger partial charge in [-0.2, -0.15) is 0 Å². The van der Waals surface area contributed by atoms with Gasteiger partial charge in [0.2, 0.25) is 0 Å². The number of halogens is 1. The Morgan fingerprint density at radius 3 is 2.89 bits per heavy atom. The lowest BCUT2D eigenvalue weighted by Crippen LogP contribution is -2.19. The molecule has 2 unspecified atom stereocenters. The highest BCUT2D eigenvalue weighted by molar-refractivity contribution is 9.09. The van der Waals surface area contributed by atoms with Crippen molar-refractivity contribution in [1.29, 1.82) is 0 Å². The normalized spacial score (nSPS) is 21.8. The lowest BCUT2D eigenvalue weighted by atomic mass is 9.97. The minimum absolute atomic E-state index is 0.461. The van der Waals surface area contributed by atoms with Gasteiger partial charge in [-0.25, -0.2) is 0 Å². The molecule has 1 nitrogen and oxygen atoms in total. The fourth-order valence-electron chi connectivity index (χ4n) is 2.62. The van der Waals surface area contributed by atoms with Gasteiger partial charge in [0, 0.05) is 11.4 Å². The lowest BCUT2D eigenvalue weighted by Gasteiger charge is -2.24. The third-order valence-electron chi connectivity index (χ3n) is 3.79. The number of ether oxygens (including phenoxy) is 1. The fourth-order valence-corrected chi connectivity index (χ4v) is 3.38. The number of rotatable bonds is 4. The summed E-state index contributed by atoms with van der Waals surface area (Å²) in [5.74, 6) is 0. The second-order valence-corrected chi connectivity index (χ2v) is 6.50. The molecule has 0 amide bonds. The van der Waals surface area contributed by atoms with Gasteiger partial charge in [-0.1, -0.05) is 39.7 Å². The molecule has 1 heterocycles. The molecular weight excluding hydrogens is 288 g/mol. The van der Waals surface area contributed by atoms with E-state index in [0.717, 1.165) is 13.0 Å². The van der Waals surface area contributed by atoms with Gasteiger partial charge in [0.1, 0.15) is 0 Å². The average molecular weight is 311 g/mol. The zero-order valence-corrected chi connectivity index (χ0v) is 13.0. The van der Waals surface area contributed by atoms with Crippen molar-refractivity contribution in [2.24, 2.45) is 0 Å². The monoisotopic (exact) mass is 310 g/mol. The maximum atomic E-state index is 5.80. The van der Waals surface area contributed by atoms with Crippen molar-refractivity contribution in [2.45, 2.75) is 56.9 Å². The molecule has 100 valence electrons. The minimum atomic E-state index is 0.461. The molecular formula is C16H23BrO. The summed E-state index contributed by atoms with van der Waals surface area (Å²) in [7, 11) is 0. The first-order chi connectivity index (χ1) is 8.66. The van der Waals surface area contributed by atoms with E-state index in [1.54, 1.807) is 0 Å². The summed E-state index contributed by atoms with van der Waals surface area (Å²) in [6.07, 6.45) is 6.64. The molecule has 0 aliphatic carbocycles. The van der Waals surface area contributed by atoms with E-state index < -0.39 is 0 Å². The molecule has 1 aliphatic heterocycles. The van der Waals surface area contributed by atoms with Crippen molar-refractivity contribution < 1.29 is 4.74 Å². The van der Waals surface area contributed by atoms with Crippen molar-refractivity contribution in [1.82, 2.24) is 0 Å². The Labute approximate surface area is 119 Å². The van der Waals surface area contributed by atoms with Gasteiger partial charge in [0.05, 0.1) is 6.10 Å².